The van der Waals surface area contributed by atoms with E-state index in [1.165, 1.54) is 0 Å². The Balaban J connectivity index is 1.43. The number of aromatic amines is 1. The van der Waals surface area contributed by atoms with Crippen LogP contribution in [0.5, 0.6) is 0 Å². The molecule has 5 nitrogen and oxygen atoms in total. The summed E-state index contributed by atoms with van der Waals surface area (Å²) in [6.07, 6.45) is 3.52. The van der Waals surface area contributed by atoms with Crippen molar-refractivity contribution in [3.8, 4) is 0 Å². The van der Waals surface area contributed by atoms with Gasteiger partial charge < -0.3 is 10.3 Å². The van der Waals surface area contributed by atoms with Crippen molar-refractivity contribution in [1.29, 1.82) is 0 Å². The zero-order valence-corrected chi connectivity index (χ0v) is 20.8. The summed E-state index contributed by atoms with van der Waals surface area (Å²) in [7, 11) is 0. The number of imidazole rings is 1. The Bertz CT molecular complexity index is 945. The highest BCUT2D eigenvalue weighted by atomic mass is 32.2. The molecule has 2 aromatic heterocycles. The SMILES string of the molecule is CCSc1cc(C)nc(SCC)c1NC(=O)CCCCCSc1nc2ccccc2[nH]1. The van der Waals surface area contributed by atoms with Crippen molar-refractivity contribution in [3.63, 3.8) is 0 Å². The van der Waals surface area contributed by atoms with E-state index in [1.54, 1.807) is 35.3 Å². The number of H-pyrrole nitrogens is 1. The third-order valence-corrected chi connectivity index (χ3v) is 7.32. The van der Waals surface area contributed by atoms with Gasteiger partial charge >= 0.3 is 0 Å². The lowest BCUT2D eigenvalue weighted by atomic mass is 10.2. The number of para-hydroxylation sites is 2. The first kappa shape index (κ1) is 24.0. The van der Waals surface area contributed by atoms with Gasteiger partial charge in [0, 0.05) is 22.8 Å². The number of nitrogens with one attached hydrogen (secondary N) is 2. The van der Waals surface area contributed by atoms with Crippen LogP contribution in [0.25, 0.3) is 11.0 Å². The quantitative estimate of drug-likeness (QED) is 0.223. The lowest BCUT2D eigenvalue weighted by molar-refractivity contribution is -0.116. The van der Waals surface area contributed by atoms with Gasteiger partial charge in [-0.05, 0) is 49.5 Å². The molecule has 3 rings (SSSR count). The number of unbranched alkanes of at least 4 members (excludes halogenated alkanes) is 2. The maximum atomic E-state index is 12.6. The number of hydrogen-bond donors (Lipinski definition) is 2. The highest BCUT2D eigenvalue weighted by Crippen LogP contribution is 2.35. The number of carbonyl (C=O) groups is 1. The van der Waals surface area contributed by atoms with Crippen LogP contribution < -0.4 is 5.32 Å². The fourth-order valence-electron chi connectivity index (χ4n) is 3.17. The van der Waals surface area contributed by atoms with Gasteiger partial charge in [-0.1, -0.05) is 44.2 Å². The van der Waals surface area contributed by atoms with Crippen molar-refractivity contribution in [2.24, 2.45) is 0 Å². The summed E-state index contributed by atoms with van der Waals surface area (Å²) in [6, 6.07) is 10.2. The van der Waals surface area contributed by atoms with E-state index in [1.807, 2.05) is 31.2 Å². The molecule has 0 saturated carbocycles. The Hall–Kier alpha value is -1.64. The molecule has 8 heteroatoms. The zero-order valence-electron chi connectivity index (χ0n) is 18.4. The van der Waals surface area contributed by atoms with Crippen LogP contribution in [0.2, 0.25) is 0 Å². The molecule has 0 unspecified atom stereocenters. The minimum atomic E-state index is 0.0755. The van der Waals surface area contributed by atoms with Gasteiger partial charge in [0.25, 0.3) is 0 Å². The van der Waals surface area contributed by atoms with Crippen molar-refractivity contribution < 1.29 is 4.79 Å². The lowest BCUT2D eigenvalue weighted by Crippen LogP contribution is -2.13. The van der Waals surface area contributed by atoms with Crippen LogP contribution in [0.4, 0.5) is 5.69 Å². The summed E-state index contributed by atoms with van der Waals surface area (Å²) in [6.45, 7) is 6.24. The van der Waals surface area contributed by atoms with Crippen LogP contribution in [0.1, 0.15) is 45.2 Å². The Kier molecular flexibility index (Phi) is 9.61. The molecule has 166 valence electrons. The number of aromatic nitrogens is 3. The maximum absolute atomic E-state index is 12.6. The van der Waals surface area contributed by atoms with Crippen molar-refractivity contribution >= 4 is 57.9 Å². The van der Waals surface area contributed by atoms with Crippen LogP contribution in [0.15, 0.2) is 45.4 Å². The van der Waals surface area contributed by atoms with Crippen LogP contribution in [-0.4, -0.2) is 38.1 Å². The van der Waals surface area contributed by atoms with Gasteiger partial charge in [-0.2, -0.15) is 0 Å². The molecule has 0 bridgehead atoms. The van der Waals surface area contributed by atoms with E-state index in [4.69, 9.17) is 0 Å². The number of amides is 1. The lowest BCUT2D eigenvalue weighted by Gasteiger charge is -2.15. The monoisotopic (exact) mass is 474 g/mol. The first-order chi connectivity index (χ1) is 15.1. The highest BCUT2D eigenvalue weighted by molar-refractivity contribution is 8.00. The molecule has 2 heterocycles. The molecule has 0 radical (unpaired) electrons. The first-order valence-electron chi connectivity index (χ1n) is 10.7. The van der Waals surface area contributed by atoms with Crippen molar-refractivity contribution in [2.75, 3.05) is 22.6 Å². The molecular formula is C23H30N4OS3. The summed E-state index contributed by atoms with van der Waals surface area (Å²) >= 11 is 5.18. The van der Waals surface area contributed by atoms with Crippen LogP contribution in [0, 0.1) is 6.92 Å². The van der Waals surface area contributed by atoms with Crippen molar-refractivity contribution in [1.82, 2.24) is 15.0 Å². The number of anilines is 1. The van der Waals surface area contributed by atoms with Gasteiger partial charge in [-0.25, -0.2) is 9.97 Å². The van der Waals surface area contributed by atoms with Crippen LogP contribution in [0.3, 0.4) is 0 Å². The van der Waals surface area contributed by atoms with Gasteiger partial charge in [0.05, 0.1) is 16.7 Å². The van der Waals surface area contributed by atoms with Crippen LogP contribution >= 0.6 is 35.3 Å². The molecule has 1 aromatic carbocycles. The Morgan fingerprint density at radius 2 is 1.84 bits per heavy atom. The smallest absolute Gasteiger partial charge is 0.224 e. The normalized spacial score (nSPS) is 11.2. The fraction of sp³-hybridized carbons (Fsp3) is 0.435. The predicted molar refractivity (Wildman–Crippen MR) is 136 cm³/mol. The average molecular weight is 475 g/mol. The topological polar surface area (TPSA) is 70.7 Å². The van der Waals surface area contributed by atoms with E-state index in [0.29, 0.717) is 6.42 Å². The van der Waals surface area contributed by atoms with Crippen LogP contribution in [-0.2, 0) is 4.79 Å². The summed E-state index contributed by atoms with van der Waals surface area (Å²) in [5.74, 6) is 2.97. The minimum Gasteiger partial charge on any atom is -0.333 e. The summed E-state index contributed by atoms with van der Waals surface area (Å²) < 4.78 is 0. The number of thioether (sulfide) groups is 3. The Morgan fingerprint density at radius 1 is 1.03 bits per heavy atom. The minimum absolute atomic E-state index is 0.0755. The van der Waals surface area contributed by atoms with Crippen molar-refractivity contribution in [2.45, 2.75) is 61.5 Å². The summed E-state index contributed by atoms with van der Waals surface area (Å²) in [5, 5.41) is 5.03. The molecule has 0 aliphatic rings. The largest absolute Gasteiger partial charge is 0.333 e. The molecule has 2 N–H and O–H groups in total. The third kappa shape index (κ3) is 7.19. The predicted octanol–water partition coefficient (Wildman–Crippen LogP) is 6.78. The number of rotatable bonds is 12. The second-order valence-corrected chi connectivity index (χ2v) is 10.7. The molecule has 31 heavy (non-hydrogen) atoms. The van der Waals surface area contributed by atoms with Gasteiger partial charge in [0.15, 0.2) is 5.16 Å². The molecule has 0 saturated heterocycles. The third-order valence-electron chi connectivity index (χ3n) is 4.58. The number of nitrogens with zero attached hydrogens (tertiary/aromatic N) is 2. The second-order valence-electron chi connectivity index (χ2n) is 7.07. The van der Waals surface area contributed by atoms with E-state index in [-0.39, 0.29) is 5.91 Å². The average Bonchev–Trinajstić information content (AvgIpc) is 3.16. The van der Waals surface area contributed by atoms with Gasteiger partial charge in [-0.15, -0.1) is 23.5 Å². The van der Waals surface area contributed by atoms with Crippen molar-refractivity contribution in [3.05, 3.63) is 36.0 Å². The Labute approximate surface area is 197 Å². The molecule has 1 amide bonds. The molecule has 3 aromatic rings. The van der Waals surface area contributed by atoms with E-state index >= 15 is 0 Å². The molecule has 0 aliphatic carbocycles. The van der Waals surface area contributed by atoms with Gasteiger partial charge in [-0.3, -0.25) is 4.79 Å². The van der Waals surface area contributed by atoms with E-state index in [9.17, 15) is 4.79 Å². The second kappa shape index (κ2) is 12.4. The van der Waals surface area contributed by atoms with E-state index in [0.717, 1.165) is 74.0 Å². The number of pyridine rings is 1. The number of hydrogen-bond acceptors (Lipinski definition) is 6. The molecule has 0 spiro atoms. The number of aryl methyl sites for hydroxylation is 1. The molecule has 0 aliphatic heterocycles. The highest BCUT2D eigenvalue weighted by Gasteiger charge is 2.15. The summed E-state index contributed by atoms with van der Waals surface area (Å²) in [5.41, 5.74) is 3.96. The maximum Gasteiger partial charge on any atom is 0.224 e. The fourth-order valence-corrected chi connectivity index (χ4v) is 5.77. The Morgan fingerprint density at radius 3 is 2.61 bits per heavy atom. The van der Waals surface area contributed by atoms with Gasteiger partial charge in [0.1, 0.15) is 5.03 Å². The van der Waals surface area contributed by atoms with E-state index < -0.39 is 0 Å². The summed E-state index contributed by atoms with van der Waals surface area (Å²) in [4.78, 5) is 26.3. The molecule has 0 fully saturated rings. The zero-order chi connectivity index (χ0) is 22.1. The van der Waals surface area contributed by atoms with E-state index in [2.05, 4.69) is 40.2 Å². The molecular weight excluding hydrogens is 444 g/mol. The van der Waals surface area contributed by atoms with Gasteiger partial charge in [0.2, 0.25) is 5.91 Å². The number of fused-ring (bicyclic) bond motifs is 1. The number of carbonyl (C=O) groups excluding carboxylic acids is 1. The number of benzene rings is 1. The standard InChI is InChI=1S/C23H30N4OS3/c1-4-29-19-15-16(3)24-22(30-5-2)21(19)27-20(28)13-7-6-10-14-31-23-25-17-11-8-9-12-18(17)26-23/h8-9,11-12,15H,4-7,10,13-14H2,1-3H3,(H,25,26)(H,27,28). The molecule has 0 atom stereocenters. The first-order valence-corrected chi connectivity index (χ1v) is 13.7.